The van der Waals surface area contributed by atoms with Crippen molar-refractivity contribution in [1.29, 1.82) is 0 Å². The molecule has 5 N–H and O–H groups in total. The second kappa shape index (κ2) is 48.5. The molecule has 0 saturated heterocycles. The number of carbonyl (C=O) groups excluding carboxylic acids is 2. The summed E-state index contributed by atoms with van der Waals surface area (Å²) in [5, 5.41) is 17.1. The summed E-state index contributed by atoms with van der Waals surface area (Å²) in [6, 6.07) is 19.9. The number of aromatic nitrogens is 10. The fraction of sp³-hybridized carbons (Fsp3) is 0.200. The minimum atomic E-state index is 0. The van der Waals surface area contributed by atoms with Crippen LogP contribution in [0.25, 0.3) is 56.3 Å². The van der Waals surface area contributed by atoms with Gasteiger partial charge in [0.15, 0.2) is 64.0 Å². The number of nitrogens with one attached hydrogen (secondary N) is 2. The second-order valence-corrected chi connectivity index (χ2v) is 23.8. The quantitative estimate of drug-likeness (QED) is 0.0163. The largest absolute Gasteiger partial charge is 0.358 e. The van der Waals surface area contributed by atoms with Crippen molar-refractivity contribution in [1.82, 2.24) is 34.9 Å². The van der Waals surface area contributed by atoms with E-state index >= 15 is 0 Å². The van der Waals surface area contributed by atoms with E-state index in [2.05, 4.69) is 98.2 Å². The van der Waals surface area contributed by atoms with Gasteiger partial charge in [-0.15, -0.1) is 45.3 Å². The number of aliphatic hydroxyl groups excluding tert-OH is 1. The number of rotatable bonds is 8. The van der Waals surface area contributed by atoms with E-state index < -0.39 is 0 Å². The maximum absolute atomic E-state index is 10.9. The molecule has 10 aromatic rings. The molecule has 83 heavy (non-hydrogen) atoms. The van der Waals surface area contributed by atoms with E-state index in [9.17, 15) is 9.59 Å². The molecule has 0 amide bonds. The number of hydrogen-bond acceptors (Lipinski definition) is 20. The Balaban J connectivity index is 0. The number of carbonyl (C=O) groups is 2. The molecule has 444 valence electrons. The Labute approximate surface area is 550 Å². The summed E-state index contributed by atoms with van der Waals surface area (Å²) in [4.78, 5) is 50.9. The third-order valence-electron chi connectivity index (χ3n) is 8.87. The van der Waals surface area contributed by atoms with E-state index in [1.165, 1.54) is 88.4 Å². The van der Waals surface area contributed by atoms with Crippen LogP contribution in [0.4, 0.5) is 0 Å². The van der Waals surface area contributed by atoms with Crippen LogP contribution in [0.2, 0.25) is 0 Å². The van der Waals surface area contributed by atoms with Crippen LogP contribution < -0.4 is 19.4 Å². The summed E-state index contributed by atoms with van der Waals surface area (Å²) < 4.78 is 21.4. The Kier molecular flexibility index (Phi) is 46.9. The fourth-order valence-electron chi connectivity index (χ4n) is 5.43. The Bertz CT molecular complexity index is 3390. The normalized spacial score (nSPS) is 9.10. The summed E-state index contributed by atoms with van der Waals surface area (Å²) in [5.74, 6) is 0. The molecule has 0 unspecified atom stereocenters. The molecule has 10 aromatic heterocycles. The molecular weight excluding hydrogens is 1380 g/mol. The summed E-state index contributed by atoms with van der Waals surface area (Å²) in [7, 11) is 8.46. The van der Waals surface area contributed by atoms with Crippen LogP contribution >= 0.6 is 139 Å². The second-order valence-electron chi connectivity index (χ2n) is 14.4. The van der Waals surface area contributed by atoms with Crippen LogP contribution in [-0.4, -0.2) is 75.9 Å². The zero-order valence-corrected chi connectivity index (χ0v) is 57.3. The summed E-state index contributed by atoms with van der Waals surface area (Å²) in [6.07, 6.45) is 19.0. The molecule has 0 spiro atoms. The Hall–Kier alpha value is -4.76. The van der Waals surface area contributed by atoms with Crippen LogP contribution in [0.15, 0.2) is 163 Å². The minimum absolute atomic E-state index is 0. The van der Waals surface area contributed by atoms with Gasteiger partial charge in [0.1, 0.15) is 21.1 Å². The third kappa shape index (κ3) is 32.9. The Morgan fingerprint density at radius 2 is 0.916 bits per heavy atom. The van der Waals surface area contributed by atoms with Crippen molar-refractivity contribution < 1.29 is 37.3 Å². The number of pyridine rings is 5. The molecule has 0 fully saturated rings. The maximum atomic E-state index is 10.9. The van der Waals surface area contributed by atoms with Crippen molar-refractivity contribution in [2.75, 3.05) is 25.7 Å². The zero-order valence-electron chi connectivity index (χ0n) is 46.2. The first kappa shape index (κ1) is 80.3. The van der Waals surface area contributed by atoms with E-state index in [1.54, 1.807) is 43.0 Å². The number of hydrogen-bond donors (Lipinski definition) is 4. The van der Waals surface area contributed by atoms with E-state index in [0.717, 1.165) is 74.4 Å². The van der Waals surface area contributed by atoms with Gasteiger partial charge in [0.2, 0.25) is 0 Å². The number of alkyl halides is 1. The number of nitrogens with zero attached hydrogens (tertiary/aromatic N) is 8. The number of thioether (sulfide) groups is 2. The standard InChI is InChI=1S/C11H11N2OS2.C10H8N2OS2.2C9H8N2S2.C8H6N2S2.C2H5ClO.CH3I.CH5N.CH4O.CO.CH4.CH3/c1-8(14)16-11-12-10(7-15-11)9-3-5-13(2)6-4-9;1-7(13)15-10-12-9(6-14-10)8-2-4-11-5-3-8;2*1-11-4-2-7(3-5-11)8-6-13-9(12)10-8;11-8-10-7(5-12-8)6-1-3-9-4-2-6;1-2-4-3;4*1-2;;/h3-7H,1-2H3;2-6H,1H3;2*2-6H,1H3;1-5H,(H,10,11);2H2,1H3;1H3;2H2,1H3;2H,1H3;;1H4;1H3/q+1;;;;;;;;;;;-1/p+1. The Morgan fingerprint density at radius 1 is 0.627 bits per heavy atom. The number of H-pyrrole nitrogens is 2. The summed E-state index contributed by atoms with van der Waals surface area (Å²) >= 11 is 31.7. The molecule has 10 heterocycles. The van der Waals surface area contributed by atoms with Gasteiger partial charge >= 0.3 is 11.3 Å². The molecule has 0 atom stereocenters. The molecule has 0 aliphatic carbocycles. The van der Waals surface area contributed by atoms with Crippen molar-refractivity contribution in [2.24, 2.45) is 26.9 Å². The summed E-state index contributed by atoms with van der Waals surface area (Å²) in [5.41, 5.74) is 15.0. The maximum Gasteiger partial charge on any atom is -0.358 e. The van der Waals surface area contributed by atoms with Gasteiger partial charge in [-0.3, -0.25) is 28.8 Å². The average Bonchev–Trinajstić information content (AvgIpc) is 4.46. The monoisotopic (exact) mass is 1440 g/mol. The first-order chi connectivity index (χ1) is 39.2. The molecule has 28 heteroatoms. The molecule has 0 aliphatic heterocycles. The van der Waals surface area contributed by atoms with Crippen molar-refractivity contribution in [2.45, 2.75) is 41.2 Å². The molecular formula is C55H66ClIN11O5S10+. The molecule has 16 nitrogen and oxygen atoms in total. The van der Waals surface area contributed by atoms with Gasteiger partial charge in [-0.05, 0) is 95.5 Å². The number of nitrogens with two attached hydrogens (primary N) is 1. The van der Waals surface area contributed by atoms with Crippen LogP contribution in [0.1, 0.15) is 28.2 Å². The molecule has 0 radical (unpaired) electrons. The predicted molar refractivity (Wildman–Crippen MR) is 363 cm³/mol. The molecule has 0 saturated carbocycles. The third-order valence-corrected chi connectivity index (χ3v) is 15.7. The van der Waals surface area contributed by atoms with Gasteiger partial charge < -0.3 is 52.2 Å². The van der Waals surface area contributed by atoms with Crippen LogP contribution in [0.5, 0.6) is 0 Å². The number of aryl methyl sites for hydroxylation is 3. The molecule has 0 bridgehead atoms. The first-order valence-corrected chi connectivity index (χ1v) is 32.7. The van der Waals surface area contributed by atoms with Crippen LogP contribution in [0.3, 0.4) is 0 Å². The number of thiazole rings is 5. The van der Waals surface area contributed by atoms with Crippen LogP contribution in [0, 0.1) is 22.0 Å². The van der Waals surface area contributed by atoms with Crippen molar-refractivity contribution >= 4 is 162 Å². The predicted octanol–water partition coefficient (Wildman–Crippen LogP) is 14.3. The topological polar surface area (TPSA) is 217 Å². The molecule has 0 aromatic carbocycles. The van der Waals surface area contributed by atoms with E-state index in [4.69, 9.17) is 46.8 Å². The van der Waals surface area contributed by atoms with Crippen molar-refractivity contribution in [3.05, 3.63) is 172 Å². The minimum Gasteiger partial charge on any atom is -0.358 e. The van der Waals surface area contributed by atoms with E-state index in [0.29, 0.717) is 10.9 Å². The number of aromatic amines is 2. The van der Waals surface area contributed by atoms with Gasteiger partial charge in [-0.2, -0.15) is 0 Å². The van der Waals surface area contributed by atoms with E-state index in [-0.39, 0.29) is 25.1 Å². The van der Waals surface area contributed by atoms with E-state index in [1.807, 2.05) is 159 Å². The molecule has 0 aliphatic rings. The number of aliphatic hydroxyl groups is 1. The average molecular weight is 1440 g/mol. The van der Waals surface area contributed by atoms with Gasteiger partial charge in [-0.1, -0.05) is 35.4 Å². The van der Waals surface area contributed by atoms with Gasteiger partial charge in [0.25, 0.3) is 0 Å². The first-order valence-electron chi connectivity index (χ1n) is 23.0. The SMILES string of the molecule is C.CC(=O)Sc1nc(-c2cc[n+](C)cc2)cs1.CC(=O)Sc1nc(-c2ccncc2)cs1.CCOCl.CI.CN.CO.C[n+]1ccc(-c2csc(=S)[nH]2)cc1.C[n+]1ccc(-c2csc([S-])n2)cc1.S=c1[nH]c(-c2ccncc2)cs1.[C-]#[O+].[CH3-]. The van der Waals surface area contributed by atoms with Crippen molar-refractivity contribution in [3.8, 4) is 56.3 Å². The Morgan fingerprint density at radius 3 is 1.20 bits per heavy atom. The van der Waals surface area contributed by atoms with Gasteiger partial charge in [-0.25, -0.2) is 23.7 Å². The molecule has 10 rings (SSSR count). The van der Waals surface area contributed by atoms with Gasteiger partial charge in [0, 0.05) is 131 Å². The fourth-order valence-corrected chi connectivity index (χ4v) is 11.2. The summed E-state index contributed by atoms with van der Waals surface area (Å²) in [6.45, 7) is 10.0. The van der Waals surface area contributed by atoms with Crippen molar-refractivity contribution in [3.63, 3.8) is 0 Å². The zero-order chi connectivity index (χ0) is 60.5. The smallest absolute Gasteiger partial charge is 0.358 e. The van der Waals surface area contributed by atoms with Crippen LogP contribution in [-0.2, 0) is 52.3 Å². The van der Waals surface area contributed by atoms with Gasteiger partial charge in [0.05, 0.1) is 46.9 Å². The number of halogens is 2.